The van der Waals surface area contributed by atoms with Crippen LogP contribution in [-0.2, 0) is 11.2 Å². The van der Waals surface area contributed by atoms with E-state index in [1.807, 2.05) is 0 Å². The lowest BCUT2D eigenvalue weighted by atomic mass is 10.1. The van der Waals surface area contributed by atoms with E-state index in [4.69, 9.17) is 10.3 Å². The molecule has 0 unspecified atom stereocenters. The summed E-state index contributed by atoms with van der Waals surface area (Å²) in [4.78, 5) is 15.6. The fraction of sp³-hybridized carbons (Fsp3) is 0.727. The molecule has 0 saturated carbocycles. The fourth-order valence-electron chi connectivity index (χ4n) is 1.42. The van der Waals surface area contributed by atoms with E-state index in [1.165, 1.54) is 0 Å². The van der Waals surface area contributed by atoms with Gasteiger partial charge in [0.2, 0.25) is 11.8 Å². The predicted molar refractivity (Wildman–Crippen MR) is 63.2 cm³/mol. The molecule has 17 heavy (non-hydrogen) atoms. The highest BCUT2D eigenvalue weighted by Crippen LogP contribution is 1.99. The quantitative estimate of drug-likeness (QED) is 0.726. The van der Waals surface area contributed by atoms with Gasteiger partial charge in [0.1, 0.15) is 0 Å². The molecule has 1 rings (SSSR count). The summed E-state index contributed by atoms with van der Waals surface area (Å²) in [5.74, 6) is 1.02. The second-order valence-electron chi connectivity index (χ2n) is 4.03. The van der Waals surface area contributed by atoms with Gasteiger partial charge in [-0.1, -0.05) is 24.9 Å². The maximum atomic E-state index is 11.5. The van der Waals surface area contributed by atoms with Crippen LogP contribution in [0.4, 0.5) is 0 Å². The molecule has 0 radical (unpaired) electrons. The third kappa shape index (κ3) is 4.95. The van der Waals surface area contributed by atoms with E-state index in [-0.39, 0.29) is 5.91 Å². The Labute approximate surface area is 101 Å². The van der Waals surface area contributed by atoms with Gasteiger partial charge in [0, 0.05) is 13.0 Å². The molecule has 1 aromatic heterocycles. The largest absolute Gasteiger partial charge is 0.354 e. The third-order valence-electron chi connectivity index (χ3n) is 2.41. The molecule has 1 heterocycles. The Morgan fingerprint density at radius 3 is 2.94 bits per heavy atom. The van der Waals surface area contributed by atoms with E-state index in [2.05, 4.69) is 22.4 Å². The van der Waals surface area contributed by atoms with Gasteiger partial charge >= 0.3 is 0 Å². The number of unbranched alkanes of at least 4 members (excludes halogenated alkanes) is 1. The molecule has 1 aromatic rings. The summed E-state index contributed by atoms with van der Waals surface area (Å²) in [5, 5.41) is 6.42. The first-order chi connectivity index (χ1) is 8.13. The molecule has 1 amide bonds. The van der Waals surface area contributed by atoms with Crippen LogP contribution in [0.3, 0.4) is 0 Å². The molecule has 6 heteroatoms. The Morgan fingerprint density at radius 2 is 2.35 bits per heavy atom. The van der Waals surface area contributed by atoms with Crippen molar-refractivity contribution in [2.45, 2.75) is 45.6 Å². The smallest absolute Gasteiger partial charge is 0.236 e. The number of amides is 1. The normalized spacial score (nSPS) is 12.4. The van der Waals surface area contributed by atoms with Gasteiger partial charge in [-0.2, -0.15) is 4.98 Å². The van der Waals surface area contributed by atoms with Crippen LogP contribution < -0.4 is 11.1 Å². The lowest BCUT2D eigenvalue weighted by Crippen LogP contribution is -2.41. The number of nitrogens with two attached hydrogens (primary N) is 1. The lowest BCUT2D eigenvalue weighted by molar-refractivity contribution is -0.122. The lowest BCUT2D eigenvalue weighted by Gasteiger charge is -2.10. The highest BCUT2D eigenvalue weighted by atomic mass is 16.5. The first-order valence-corrected chi connectivity index (χ1v) is 5.96. The number of nitrogens with zero attached hydrogens (tertiary/aromatic N) is 2. The van der Waals surface area contributed by atoms with Crippen LogP contribution in [0.15, 0.2) is 4.52 Å². The van der Waals surface area contributed by atoms with Crippen molar-refractivity contribution in [1.82, 2.24) is 15.5 Å². The molecule has 0 aliphatic rings. The summed E-state index contributed by atoms with van der Waals surface area (Å²) in [6.07, 6.45) is 3.27. The number of aryl methyl sites for hydroxylation is 1. The van der Waals surface area contributed by atoms with Gasteiger partial charge < -0.3 is 15.6 Å². The van der Waals surface area contributed by atoms with E-state index in [9.17, 15) is 4.79 Å². The zero-order valence-electron chi connectivity index (χ0n) is 10.4. The second kappa shape index (κ2) is 7.01. The van der Waals surface area contributed by atoms with Gasteiger partial charge in [0.15, 0.2) is 5.82 Å². The summed E-state index contributed by atoms with van der Waals surface area (Å²) >= 11 is 0. The summed E-state index contributed by atoms with van der Waals surface area (Å²) in [6, 6.07) is -0.417. The Balaban J connectivity index is 2.19. The van der Waals surface area contributed by atoms with Crippen molar-refractivity contribution in [2.24, 2.45) is 5.73 Å². The zero-order chi connectivity index (χ0) is 12.7. The van der Waals surface area contributed by atoms with Gasteiger partial charge in [-0.25, -0.2) is 0 Å². The van der Waals surface area contributed by atoms with Crippen LogP contribution in [0.25, 0.3) is 0 Å². The Bertz CT molecular complexity index is 351. The SMILES string of the molecule is CCCC[C@H](N)C(=O)NCCc1nc(C)no1. The van der Waals surface area contributed by atoms with Gasteiger partial charge in [-0.3, -0.25) is 4.79 Å². The van der Waals surface area contributed by atoms with Crippen molar-refractivity contribution in [1.29, 1.82) is 0 Å². The Hall–Kier alpha value is -1.43. The van der Waals surface area contributed by atoms with Gasteiger partial charge in [-0.15, -0.1) is 0 Å². The molecule has 0 aliphatic carbocycles. The molecule has 1 atom stereocenters. The number of hydrogen-bond donors (Lipinski definition) is 2. The van der Waals surface area contributed by atoms with E-state index >= 15 is 0 Å². The van der Waals surface area contributed by atoms with Crippen molar-refractivity contribution in [3.63, 3.8) is 0 Å². The molecule has 0 fully saturated rings. The van der Waals surface area contributed by atoms with Crippen molar-refractivity contribution in [2.75, 3.05) is 6.54 Å². The molecular weight excluding hydrogens is 220 g/mol. The number of carbonyl (C=O) groups excluding carboxylic acids is 1. The van der Waals surface area contributed by atoms with Crippen molar-refractivity contribution in [3.8, 4) is 0 Å². The maximum absolute atomic E-state index is 11.5. The predicted octanol–water partition coefficient (Wildman–Crippen LogP) is 0.554. The standard InChI is InChI=1S/C11H20N4O2/c1-3-4-5-9(12)11(16)13-7-6-10-14-8(2)15-17-10/h9H,3-7,12H2,1-2H3,(H,13,16)/t9-/m0/s1. The average molecular weight is 240 g/mol. The topological polar surface area (TPSA) is 94.0 Å². The Morgan fingerprint density at radius 1 is 1.59 bits per heavy atom. The summed E-state index contributed by atoms with van der Waals surface area (Å²) in [6.45, 7) is 4.30. The number of rotatable bonds is 7. The minimum atomic E-state index is -0.417. The number of nitrogens with one attached hydrogen (secondary N) is 1. The molecule has 0 aromatic carbocycles. The molecule has 0 bridgehead atoms. The summed E-state index contributed by atoms with van der Waals surface area (Å²) in [7, 11) is 0. The monoisotopic (exact) mass is 240 g/mol. The zero-order valence-corrected chi connectivity index (χ0v) is 10.4. The summed E-state index contributed by atoms with van der Waals surface area (Å²) in [5.41, 5.74) is 5.72. The minimum absolute atomic E-state index is 0.116. The average Bonchev–Trinajstić information content (AvgIpc) is 2.71. The van der Waals surface area contributed by atoms with Gasteiger partial charge in [0.25, 0.3) is 0 Å². The molecule has 0 aliphatic heterocycles. The fourth-order valence-corrected chi connectivity index (χ4v) is 1.42. The van der Waals surface area contributed by atoms with Crippen LogP contribution in [-0.4, -0.2) is 28.6 Å². The highest BCUT2D eigenvalue weighted by molar-refractivity contribution is 5.81. The van der Waals surface area contributed by atoms with E-state index in [0.717, 1.165) is 19.3 Å². The van der Waals surface area contributed by atoms with Gasteiger partial charge in [-0.05, 0) is 13.3 Å². The Kier molecular flexibility index (Phi) is 5.62. The van der Waals surface area contributed by atoms with Crippen molar-refractivity contribution < 1.29 is 9.32 Å². The van der Waals surface area contributed by atoms with Crippen LogP contribution in [0, 0.1) is 6.92 Å². The van der Waals surface area contributed by atoms with Crippen LogP contribution in [0.5, 0.6) is 0 Å². The van der Waals surface area contributed by atoms with E-state index in [0.29, 0.717) is 24.7 Å². The third-order valence-corrected chi connectivity index (χ3v) is 2.41. The first-order valence-electron chi connectivity index (χ1n) is 5.96. The molecular formula is C11H20N4O2. The molecule has 0 spiro atoms. The molecule has 3 N–H and O–H groups in total. The number of aromatic nitrogens is 2. The van der Waals surface area contributed by atoms with E-state index < -0.39 is 6.04 Å². The number of carbonyl (C=O) groups is 1. The maximum Gasteiger partial charge on any atom is 0.236 e. The van der Waals surface area contributed by atoms with Crippen LogP contribution >= 0.6 is 0 Å². The first kappa shape index (κ1) is 13.6. The number of hydrogen-bond acceptors (Lipinski definition) is 5. The van der Waals surface area contributed by atoms with Gasteiger partial charge in [0.05, 0.1) is 6.04 Å². The van der Waals surface area contributed by atoms with Crippen LogP contribution in [0.1, 0.15) is 37.9 Å². The molecule has 0 saturated heterocycles. The summed E-state index contributed by atoms with van der Waals surface area (Å²) < 4.78 is 4.93. The van der Waals surface area contributed by atoms with Crippen molar-refractivity contribution in [3.05, 3.63) is 11.7 Å². The highest BCUT2D eigenvalue weighted by Gasteiger charge is 2.12. The van der Waals surface area contributed by atoms with Crippen molar-refractivity contribution >= 4 is 5.91 Å². The second-order valence-corrected chi connectivity index (χ2v) is 4.03. The van der Waals surface area contributed by atoms with E-state index in [1.54, 1.807) is 6.92 Å². The minimum Gasteiger partial charge on any atom is -0.354 e. The molecule has 6 nitrogen and oxygen atoms in total. The molecule has 96 valence electrons. The van der Waals surface area contributed by atoms with Crippen LogP contribution in [0.2, 0.25) is 0 Å².